The molecule has 2 aromatic rings. The molecule has 1 amide bonds. The molecule has 20 heavy (non-hydrogen) atoms. The third-order valence-corrected chi connectivity index (χ3v) is 3.29. The van der Waals surface area contributed by atoms with E-state index in [1.54, 1.807) is 12.1 Å². The van der Waals surface area contributed by atoms with Crippen LogP contribution in [-0.2, 0) is 6.54 Å². The fourth-order valence-corrected chi connectivity index (χ4v) is 1.89. The predicted octanol–water partition coefficient (Wildman–Crippen LogP) is 3.15. The number of carbonyl (C=O) groups is 1. The molecule has 0 saturated carbocycles. The van der Waals surface area contributed by atoms with Crippen molar-refractivity contribution in [2.75, 3.05) is 5.32 Å². The van der Waals surface area contributed by atoms with Gasteiger partial charge in [-0.1, -0.05) is 6.07 Å². The summed E-state index contributed by atoms with van der Waals surface area (Å²) in [4.78, 5) is 12.1. The van der Waals surface area contributed by atoms with Gasteiger partial charge in [-0.25, -0.2) is 4.39 Å². The molecule has 2 aromatic carbocycles. The lowest BCUT2D eigenvalue weighted by molar-refractivity contribution is 0.102. The summed E-state index contributed by atoms with van der Waals surface area (Å²) in [5, 5.41) is 2.75. The number of aryl methyl sites for hydroxylation is 2. The Labute approximate surface area is 117 Å². The quantitative estimate of drug-likeness (QED) is 0.901. The molecule has 0 aliphatic heterocycles. The van der Waals surface area contributed by atoms with Crippen molar-refractivity contribution in [3.8, 4) is 0 Å². The van der Waals surface area contributed by atoms with Gasteiger partial charge in [-0.15, -0.1) is 0 Å². The lowest BCUT2D eigenvalue weighted by atomic mass is 10.1. The van der Waals surface area contributed by atoms with Crippen LogP contribution in [0.15, 0.2) is 36.4 Å². The summed E-state index contributed by atoms with van der Waals surface area (Å²) in [6, 6.07) is 9.88. The number of hydrogen-bond donors (Lipinski definition) is 2. The molecule has 0 aliphatic carbocycles. The number of anilines is 1. The van der Waals surface area contributed by atoms with Crippen LogP contribution >= 0.6 is 0 Å². The monoisotopic (exact) mass is 272 g/mol. The van der Waals surface area contributed by atoms with Gasteiger partial charge in [0.05, 0.1) is 0 Å². The summed E-state index contributed by atoms with van der Waals surface area (Å²) < 4.78 is 13.3. The van der Waals surface area contributed by atoms with Gasteiger partial charge in [-0.05, 0) is 55.3 Å². The second-order valence-corrected chi connectivity index (χ2v) is 4.76. The maximum absolute atomic E-state index is 13.3. The van der Waals surface area contributed by atoms with Crippen LogP contribution in [0.3, 0.4) is 0 Å². The number of amides is 1. The molecule has 0 radical (unpaired) electrons. The number of hydrogen-bond acceptors (Lipinski definition) is 2. The van der Waals surface area contributed by atoms with Crippen molar-refractivity contribution in [1.29, 1.82) is 0 Å². The minimum absolute atomic E-state index is 0.0964. The number of halogens is 1. The average Bonchev–Trinajstić information content (AvgIpc) is 2.43. The lowest BCUT2D eigenvalue weighted by Gasteiger charge is -2.09. The van der Waals surface area contributed by atoms with Crippen molar-refractivity contribution in [1.82, 2.24) is 0 Å². The van der Waals surface area contributed by atoms with Crippen LogP contribution in [0, 0.1) is 19.7 Å². The summed E-state index contributed by atoms with van der Waals surface area (Å²) >= 11 is 0. The van der Waals surface area contributed by atoms with Gasteiger partial charge >= 0.3 is 0 Å². The Balaban J connectivity index is 2.21. The number of benzene rings is 2. The van der Waals surface area contributed by atoms with Gasteiger partial charge in [0, 0.05) is 23.4 Å². The first-order valence-electron chi connectivity index (χ1n) is 6.38. The van der Waals surface area contributed by atoms with E-state index in [-0.39, 0.29) is 18.3 Å². The number of nitrogens with two attached hydrogens (primary N) is 1. The predicted molar refractivity (Wildman–Crippen MR) is 78.2 cm³/mol. The molecule has 0 fully saturated rings. The summed E-state index contributed by atoms with van der Waals surface area (Å²) in [6.07, 6.45) is 0. The Morgan fingerprint density at radius 2 is 1.90 bits per heavy atom. The fourth-order valence-electron chi connectivity index (χ4n) is 1.89. The van der Waals surface area contributed by atoms with Gasteiger partial charge in [-0.2, -0.15) is 0 Å². The normalized spacial score (nSPS) is 10.4. The Bertz CT molecular complexity index is 653. The highest BCUT2D eigenvalue weighted by atomic mass is 19.1. The van der Waals surface area contributed by atoms with Gasteiger partial charge < -0.3 is 11.1 Å². The van der Waals surface area contributed by atoms with Gasteiger partial charge in [0.2, 0.25) is 0 Å². The zero-order valence-corrected chi connectivity index (χ0v) is 11.5. The topological polar surface area (TPSA) is 55.1 Å². The molecule has 0 spiro atoms. The van der Waals surface area contributed by atoms with Gasteiger partial charge in [0.25, 0.3) is 5.91 Å². The first-order valence-corrected chi connectivity index (χ1v) is 6.38. The third kappa shape index (κ3) is 3.03. The standard InChI is InChI=1S/C16H17FN2O/c1-10-3-4-12(7-11(10)2)16(20)19-14-5-6-15(17)13(8-14)9-18/h3-8H,9,18H2,1-2H3,(H,19,20). The smallest absolute Gasteiger partial charge is 0.255 e. The van der Waals surface area contributed by atoms with E-state index in [1.165, 1.54) is 12.1 Å². The van der Waals surface area contributed by atoms with E-state index in [9.17, 15) is 9.18 Å². The Morgan fingerprint density at radius 3 is 2.55 bits per heavy atom. The number of carbonyl (C=O) groups excluding carboxylic acids is 1. The number of nitrogens with one attached hydrogen (secondary N) is 1. The van der Waals surface area contributed by atoms with Crippen molar-refractivity contribution in [2.24, 2.45) is 5.73 Å². The van der Waals surface area contributed by atoms with Gasteiger partial charge in [0.15, 0.2) is 0 Å². The molecular weight excluding hydrogens is 255 g/mol. The highest BCUT2D eigenvalue weighted by Gasteiger charge is 2.08. The first kappa shape index (κ1) is 14.2. The second kappa shape index (κ2) is 5.84. The highest BCUT2D eigenvalue weighted by Crippen LogP contribution is 2.16. The van der Waals surface area contributed by atoms with E-state index >= 15 is 0 Å². The maximum Gasteiger partial charge on any atom is 0.255 e. The van der Waals surface area contributed by atoms with E-state index in [2.05, 4.69) is 5.32 Å². The molecule has 2 rings (SSSR count). The van der Waals surface area contributed by atoms with E-state index in [0.717, 1.165) is 11.1 Å². The molecule has 0 saturated heterocycles. The Hall–Kier alpha value is -2.20. The van der Waals surface area contributed by atoms with Crippen LogP contribution < -0.4 is 11.1 Å². The van der Waals surface area contributed by atoms with Crippen LogP contribution in [0.2, 0.25) is 0 Å². The van der Waals surface area contributed by atoms with Gasteiger partial charge in [-0.3, -0.25) is 4.79 Å². The van der Waals surface area contributed by atoms with Crippen LogP contribution in [-0.4, -0.2) is 5.91 Å². The van der Waals surface area contributed by atoms with E-state index in [0.29, 0.717) is 16.8 Å². The largest absolute Gasteiger partial charge is 0.326 e. The van der Waals surface area contributed by atoms with Crippen molar-refractivity contribution >= 4 is 11.6 Å². The van der Waals surface area contributed by atoms with E-state index in [4.69, 9.17) is 5.73 Å². The van der Waals surface area contributed by atoms with Crippen molar-refractivity contribution in [3.05, 3.63) is 64.5 Å². The van der Waals surface area contributed by atoms with E-state index < -0.39 is 0 Å². The zero-order valence-electron chi connectivity index (χ0n) is 11.5. The van der Waals surface area contributed by atoms with E-state index in [1.807, 2.05) is 26.0 Å². The molecule has 0 bridgehead atoms. The Morgan fingerprint density at radius 1 is 1.15 bits per heavy atom. The molecule has 0 unspecified atom stereocenters. The van der Waals surface area contributed by atoms with Crippen molar-refractivity contribution in [2.45, 2.75) is 20.4 Å². The van der Waals surface area contributed by atoms with Crippen LogP contribution in [0.1, 0.15) is 27.0 Å². The molecule has 4 heteroatoms. The zero-order chi connectivity index (χ0) is 14.7. The molecule has 0 aliphatic rings. The molecular formula is C16H17FN2O. The number of rotatable bonds is 3. The van der Waals surface area contributed by atoms with Crippen LogP contribution in [0.4, 0.5) is 10.1 Å². The van der Waals surface area contributed by atoms with Crippen molar-refractivity contribution < 1.29 is 9.18 Å². The molecule has 0 atom stereocenters. The Kier molecular flexibility index (Phi) is 4.15. The molecule has 3 N–H and O–H groups in total. The lowest BCUT2D eigenvalue weighted by Crippen LogP contribution is -2.13. The maximum atomic E-state index is 13.3. The third-order valence-electron chi connectivity index (χ3n) is 3.29. The minimum Gasteiger partial charge on any atom is -0.326 e. The fraction of sp³-hybridized carbons (Fsp3) is 0.188. The summed E-state index contributed by atoms with van der Waals surface area (Å²) in [6.45, 7) is 4.04. The van der Waals surface area contributed by atoms with Crippen LogP contribution in [0.25, 0.3) is 0 Å². The van der Waals surface area contributed by atoms with Crippen LogP contribution in [0.5, 0.6) is 0 Å². The second-order valence-electron chi connectivity index (χ2n) is 4.76. The summed E-state index contributed by atoms with van der Waals surface area (Å²) in [5.41, 5.74) is 9.12. The highest BCUT2D eigenvalue weighted by molar-refractivity contribution is 6.04. The summed E-state index contributed by atoms with van der Waals surface area (Å²) in [7, 11) is 0. The molecule has 0 heterocycles. The summed E-state index contributed by atoms with van der Waals surface area (Å²) in [5.74, 6) is -0.584. The van der Waals surface area contributed by atoms with Gasteiger partial charge in [0.1, 0.15) is 5.82 Å². The minimum atomic E-state index is -0.364. The molecule has 0 aromatic heterocycles. The molecule has 3 nitrogen and oxygen atoms in total. The van der Waals surface area contributed by atoms with Crippen molar-refractivity contribution in [3.63, 3.8) is 0 Å². The molecule has 104 valence electrons. The SMILES string of the molecule is Cc1ccc(C(=O)Nc2ccc(F)c(CN)c2)cc1C. The average molecular weight is 272 g/mol. The first-order chi connectivity index (χ1) is 9.51.